The standard InChI is InChI=1S/C27H20F5N5O5/c28-19-2-1-15-16(10-20(38)35-23(15)22(19)29)25(40)34-14-9-21(39)37(12-14)24-17(26(41)36-3-5-42-6-4-36)7-13(11-33)8-18(24)27(30,31)32/h1-2,7-8,10,14,22H,3-6,9,12H2,(H,34,40)/t14-,22?/m1/s1. The van der Waals surface area contributed by atoms with E-state index in [1.165, 1.54) is 4.90 Å². The number of fused-ring (bicyclic) bond motifs is 1. The number of halogens is 5. The zero-order valence-corrected chi connectivity index (χ0v) is 21.5. The second kappa shape index (κ2) is 10.9. The maximum Gasteiger partial charge on any atom is 0.418 e. The number of nitrogens with zero attached hydrogens (tertiary/aromatic N) is 4. The first kappa shape index (κ1) is 28.8. The first-order valence-corrected chi connectivity index (χ1v) is 12.6. The van der Waals surface area contributed by atoms with Crippen LogP contribution in [0.15, 0.2) is 52.3 Å². The fourth-order valence-electron chi connectivity index (χ4n) is 5.07. The van der Waals surface area contributed by atoms with Gasteiger partial charge >= 0.3 is 6.18 Å². The topological polar surface area (TPSA) is 132 Å². The minimum absolute atomic E-state index is 0.0802. The largest absolute Gasteiger partial charge is 0.418 e. The fourth-order valence-corrected chi connectivity index (χ4v) is 5.07. The minimum atomic E-state index is -5.06. The number of nitrogens with one attached hydrogen (secondary N) is 1. The molecule has 3 heterocycles. The zero-order chi connectivity index (χ0) is 30.3. The molecule has 0 saturated carbocycles. The molecule has 4 aliphatic rings. The maximum atomic E-state index is 14.3. The van der Waals surface area contributed by atoms with Crippen molar-refractivity contribution in [1.82, 2.24) is 10.2 Å². The van der Waals surface area contributed by atoms with E-state index in [1.807, 2.05) is 0 Å². The van der Waals surface area contributed by atoms with Crippen LogP contribution in [-0.2, 0) is 25.3 Å². The Balaban J connectivity index is 1.46. The third-order valence-electron chi connectivity index (χ3n) is 7.00. The summed E-state index contributed by atoms with van der Waals surface area (Å²) in [5.41, 5.74) is -4.21. The minimum Gasteiger partial charge on any atom is -0.378 e. The van der Waals surface area contributed by atoms with Crippen molar-refractivity contribution < 1.29 is 45.9 Å². The van der Waals surface area contributed by atoms with Crippen LogP contribution in [0.25, 0.3) is 0 Å². The summed E-state index contributed by atoms with van der Waals surface area (Å²) < 4.78 is 76.0. The number of nitriles is 1. The molecule has 10 nitrogen and oxygen atoms in total. The van der Waals surface area contributed by atoms with Gasteiger partial charge in [0.25, 0.3) is 17.7 Å². The van der Waals surface area contributed by atoms with Crippen LogP contribution in [0.2, 0.25) is 0 Å². The molecular formula is C27H20F5N5O5. The van der Waals surface area contributed by atoms with Crippen molar-refractivity contribution in [2.45, 2.75) is 24.8 Å². The smallest absolute Gasteiger partial charge is 0.378 e. The highest BCUT2D eigenvalue weighted by Gasteiger charge is 2.43. The Bertz CT molecular complexity index is 1570. The monoisotopic (exact) mass is 589 g/mol. The van der Waals surface area contributed by atoms with E-state index in [4.69, 9.17) is 4.74 Å². The summed E-state index contributed by atoms with van der Waals surface area (Å²) >= 11 is 0. The lowest BCUT2D eigenvalue weighted by Gasteiger charge is -2.30. The van der Waals surface area contributed by atoms with E-state index < -0.39 is 88.9 Å². The molecule has 1 unspecified atom stereocenters. The highest BCUT2D eigenvalue weighted by Crippen LogP contribution is 2.41. The summed E-state index contributed by atoms with van der Waals surface area (Å²) in [5.74, 6) is -4.89. The Morgan fingerprint density at radius 1 is 1.14 bits per heavy atom. The van der Waals surface area contributed by atoms with Gasteiger partial charge in [-0.15, -0.1) is 0 Å². The van der Waals surface area contributed by atoms with E-state index >= 15 is 0 Å². The number of benzene rings is 1. The molecule has 2 saturated heterocycles. The third-order valence-corrected chi connectivity index (χ3v) is 7.00. The van der Waals surface area contributed by atoms with Crippen molar-refractivity contribution in [3.05, 3.63) is 64.0 Å². The number of hydrogen-bond acceptors (Lipinski definition) is 6. The van der Waals surface area contributed by atoms with Crippen LogP contribution >= 0.6 is 0 Å². The number of allylic oxidation sites excluding steroid dienone is 3. The van der Waals surface area contributed by atoms with E-state index in [1.54, 1.807) is 6.07 Å². The number of carbonyl (C=O) groups excluding carboxylic acids is 4. The Morgan fingerprint density at radius 3 is 2.52 bits per heavy atom. The first-order chi connectivity index (χ1) is 19.9. The molecule has 2 fully saturated rings. The molecule has 5 rings (SSSR count). The highest BCUT2D eigenvalue weighted by atomic mass is 19.4. The average molecular weight is 589 g/mol. The molecule has 1 N–H and O–H groups in total. The Hall–Kier alpha value is -4.71. The highest BCUT2D eigenvalue weighted by molar-refractivity contribution is 6.25. The van der Waals surface area contributed by atoms with Crippen LogP contribution in [-0.4, -0.2) is 79.3 Å². The van der Waals surface area contributed by atoms with E-state index in [0.29, 0.717) is 6.07 Å². The summed E-state index contributed by atoms with van der Waals surface area (Å²) in [5, 5.41) is 11.8. The first-order valence-electron chi connectivity index (χ1n) is 12.6. The van der Waals surface area contributed by atoms with Crippen molar-refractivity contribution in [2.75, 3.05) is 37.7 Å². The predicted molar refractivity (Wildman–Crippen MR) is 134 cm³/mol. The van der Waals surface area contributed by atoms with Gasteiger partial charge in [0, 0.05) is 37.7 Å². The van der Waals surface area contributed by atoms with Gasteiger partial charge in [-0.25, -0.2) is 13.8 Å². The summed E-state index contributed by atoms with van der Waals surface area (Å²) in [6.45, 7) is -0.0402. The van der Waals surface area contributed by atoms with Gasteiger partial charge in [-0.05, 0) is 24.3 Å². The molecule has 0 aromatic heterocycles. The average Bonchev–Trinajstić information content (AvgIpc) is 3.32. The number of dihydropyridines is 1. The van der Waals surface area contributed by atoms with Gasteiger partial charge in [0.05, 0.1) is 59.0 Å². The van der Waals surface area contributed by atoms with Crippen LogP contribution in [0, 0.1) is 11.3 Å². The van der Waals surface area contributed by atoms with Crippen molar-refractivity contribution in [1.29, 1.82) is 5.26 Å². The molecule has 1 aromatic rings. The van der Waals surface area contributed by atoms with Crippen LogP contribution in [0.3, 0.4) is 0 Å². The van der Waals surface area contributed by atoms with Gasteiger partial charge in [0.1, 0.15) is 5.83 Å². The van der Waals surface area contributed by atoms with Crippen molar-refractivity contribution in [2.24, 2.45) is 4.99 Å². The SMILES string of the molecule is N#Cc1cc(C(=O)N2CCOCC2)c(N2C[C@H](NC(=O)C3=CC(=O)N=C4C3=CC=C(F)C4F)CC2=O)c(C(F)(F)F)c1. The lowest BCUT2D eigenvalue weighted by atomic mass is 9.90. The second-order valence-electron chi connectivity index (χ2n) is 9.70. The van der Waals surface area contributed by atoms with Gasteiger partial charge in [0.2, 0.25) is 5.91 Å². The number of carbonyl (C=O) groups is 4. The van der Waals surface area contributed by atoms with Crippen molar-refractivity contribution in [3.63, 3.8) is 0 Å². The van der Waals surface area contributed by atoms with E-state index in [0.717, 1.165) is 29.2 Å². The van der Waals surface area contributed by atoms with Gasteiger partial charge in [0.15, 0.2) is 6.17 Å². The molecule has 2 atom stereocenters. The number of morpholine rings is 1. The summed E-state index contributed by atoms with van der Waals surface area (Å²) in [6.07, 6.45) is -5.28. The number of amides is 4. The van der Waals surface area contributed by atoms with Crippen LogP contribution in [0.4, 0.5) is 27.6 Å². The quantitative estimate of drug-likeness (QED) is 0.537. The molecule has 0 spiro atoms. The van der Waals surface area contributed by atoms with Gasteiger partial charge in [-0.1, -0.05) is 0 Å². The number of hydrogen-bond donors (Lipinski definition) is 1. The number of ether oxygens (including phenoxy) is 1. The molecular weight excluding hydrogens is 569 g/mol. The third kappa shape index (κ3) is 5.32. The van der Waals surface area contributed by atoms with Crippen LogP contribution in [0.1, 0.15) is 27.9 Å². The Kier molecular flexibility index (Phi) is 7.50. The Labute approximate surface area is 234 Å². The van der Waals surface area contributed by atoms with Gasteiger partial charge in [-0.3, -0.25) is 19.2 Å². The number of aliphatic imine (C=N–C) groups is 1. The second-order valence-corrected chi connectivity index (χ2v) is 9.70. The number of rotatable bonds is 4. The predicted octanol–water partition coefficient (Wildman–Crippen LogP) is 2.31. The van der Waals surface area contributed by atoms with Gasteiger partial charge in [-0.2, -0.15) is 18.4 Å². The molecule has 0 radical (unpaired) electrons. The van der Waals surface area contributed by atoms with E-state index in [2.05, 4.69) is 10.3 Å². The molecule has 15 heteroatoms. The molecule has 1 aromatic carbocycles. The lowest BCUT2D eigenvalue weighted by molar-refractivity contribution is -0.137. The number of alkyl halides is 4. The normalized spacial score (nSPS) is 22.5. The molecule has 42 heavy (non-hydrogen) atoms. The summed E-state index contributed by atoms with van der Waals surface area (Å²) in [4.78, 5) is 57.0. The summed E-state index contributed by atoms with van der Waals surface area (Å²) in [6, 6.07) is 2.04. The van der Waals surface area contributed by atoms with Crippen LogP contribution in [0.5, 0.6) is 0 Å². The zero-order valence-electron chi connectivity index (χ0n) is 21.5. The maximum absolute atomic E-state index is 14.3. The molecule has 3 aliphatic heterocycles. The van der Waals surface area contributed by atoms with Crippen molar-refractivity contribution in [3.8, 4) is 6.07 Å². The molecule has 1 aliphatic carbocycles. The molecule has 4 amide bonds. The summed E-state index contributed by atoms with van der Waals surface area (Å²) in [7, 11) is 0. The Morgan fingerprint density at radius 2 is 1.86 bits per heavy atom. The van der Waals surface area contributed by atoms with Gasteiger partial charge < -0.3 is 19.9 Å². The van der Waals surface area contributed by atoms with Crippen LogP contribution < -0.4 is 10.2 Å². The number of anilines is 1. The molecule has 218 valence electrons. The van der Waals surface area contributed by atoms with E-state index in [9.17, 15) is 46.4 Å². The van der Waals surface area contributed by atoms with E-state index in [-0.39, 0.29) is 37.4 Å². The van der Waals surface area contributed by atoms with Crippen molar-refractivity contribution >= 4 is 35.0 Å². The molecule has 0 bridgehead atoms. The fraction of sp³-hybridized carbons (Fsp3) is 0.333. The lowest BCUT2D eigenvalue weighted by Crippen LogP contribution is -2.42.